The molecule has 1 aromatic carbocycles. The lowest BCUT2D eigenvalue weighted by molar-refractivity contribution is -0.313. The average Bonchev–Trinajstić information content (AvgIpc) is 2.47. The summed E-state index contributed by atoms with van der Waals surface area (Å²) >= 11 is 5.89. The molecule has 0 bridgehead atoms. The highest BCUT2D eigenvalue weighted by molar-refractivity contribution is 6.30. The number of benzene rings is 1. The van der Waals surface area contributed by atoms with Crippen LogP contribution >= 0.6 is 11.6 Å². The highest BCUT2D eigenvalue weighted by Crippen LogP contribution is 2.25. The van der Waals surface area contributed by atoms with Crippen molar-refractivity contribution in [1.29, 1.82) is 0 Å². The van der Waals surface area contributed by atoms with E-state index in [0.717, 1.165) is 5.56 Å². The molecule has 5 heteroatoms. The van der Waals surface area contributed by atoms with E-state index in [4.69, 9.17) is 11.6 Å². The molecule has 4 nitrogen and oxygen atoms in total. The number of carboxylic acids is 1. The minimum absolute atomic E-state index is 0.226. The number of hydrogen-bond acceptors (Lipinski definition) is 3. The highest BCUT2D eigenvalue weighted by atomic mass is 35.5. The van der Waals surface area contributed by atoms with Gasteiger partial charge >= 0.3 is 0 Å². The van der Waals surface area contributed by atoms with E-state index in [0.29, 0.717) is 30.8 Å². The van der Waals surface area contributed by atoms with Gasteiger partial charge in [-0.05, 0) is 37.0 Å². The fourth-order valence-electron chi connectivity index (χ4n) is 2.52. The van der Waals surface area contributed by atoms with Crippen molar-refractivity contribution in [2.75, 3.05) is 6.54 Å². The molecule has 0 aromatic heterocycles. The van der Waals surface area contributed by atoms with Crippen LogP contribution < -0.4 is 10.4 Å². The molecule has 112 valence electrons. The lowest BCUT2D eigenvalue weighted by atomic mass is 9.82. The molecule has 1 aliphatic carbocycles. The summed E-state index contributed by atoms with van der Waals surface area (Å²) in [7, 11) is 0. The molecular weight excluding hydrogens is 290 g/mol. The lowest BCUT2D eigenvalue weighted by Gasteiger charge is -2.28. The second-order valence-electron chi connectivity index (χ2n) is 5.15. The normalized spacial score (nSPS) is 21.0. The third-order valence-electron chi connectivity index (χ3n) is 3.67. The Hall–Kier alpha value is -1.81. The standard InChI is InChI=1S/C16H18ClNO3/c17-12-5-3-4-11(10-12)8-9-18-15(19)13-6-1-2-7-14(13)16(20)21/h1-5,10,13-14H,6-9H2,(H,18,19)(H,20,21)/p-1/t13-,14+/m1/s1. The molecule has 1 N–H and O–H groups in total. The maximum Gasteiger partial charge on any atom is 0.224 e. The van der Waals surface area contributed by atoms with Crippen molar-refractivity contribution in [3.63, 3.8) is 0 Å². The van der Waals surface area contributed by atoms with E-state index in [9.17, 15) is 14.7 Å². The molecule has 0 fully saturated rings. The Morgan fingerprint density at radius 3 is 2.62 bits per heavy atom. The summed E-state index contributed by atoms with van der Waals surface area (Å²) in [6, 6.07) is 7.44. The summed E-state index contributed by atoms with van der Waals surface area (Å²) in [6.45, 7) is 0.457. The Kier molecular flexibility index (Phi) is 5.39. The predicted molar refractivity (Wildman–Crippen MR) is 78.5 cm³/mol. The van der Waals surface area contributed by atoms with Crippen LogP contribution in [0.2, 0.25) is 5.02 Å². The molecule has 2 atom stereocenters. The fourth-order valence-corrected chi connectivity index (χ4v) is 2.73. The minimum Gasteiger partial charge on any atom is -0.550 e. The maximum absolute atomic E-state index is 12.1. The zero-order valence-corrected chi connectivity index (χ0v) is 12.3. The minimum atomic E-state index is -1.16. The number of amides is 1. The molecule has 1 aliphatic rings. The van der Waals surface area contributed by atoms with Crippen LogP contribution in [0, 0.1) is 11.8 Å². The summed E-state index contributed by atoms with van der Waals surface area (Å²) < 4.78 is 0. The van der Waals surface area contributed by atoms with Crippen LogP contribution in [0.1, 0.15) is 18.4 Å². The molecule has 2 rings (SSSR count). The molecule has 0 unspecified atom stereocenters. The number of carbonyl (C=O) groups excluding carboxylic acids is 2. The number of carbonyl (C=O) groups is 2. The topological polar surface area (TPSA) is 69.2 Å². The first-order valence-corrected chi connectivity index (χ1v) is 7.33. The third kappa shape index (κ3) is 4.33. The SMILES string of the molecule is O=C([O-])[C@H]1CC=CC[C@H]1C(=O)NCCc1cccc(Cl)c1. The van der Waals surface area contributed by atoms with Gasteiger partial charge in [-0.2, -0.15) is 0 Å². The number of hydrogen-bond donors (Lipinski definition) is 1. The van der Waals surface area contributed by atoms with Crippen LogP contribution in [0.15, 0.2) is 36.4 Å². The van der Waals surface area contributed by atoms with Gasteiger partial charge in [-0.3, -0.25) is 4.79 Å². The fraction of sp³-hybridized carbons (Fsp3) is 0.375. The van der Waals surface area contributed by atoms with Crippen molar-refractivity contribution in [1.82, 2.24) is 5.32 Å². The van der Waals surface area contributed by atoms with Crippen molar-refractivity contribution in [2.45, 2.75) is 19.3 Å². The molecule has 1 amide bonds. The quantitative estimate of drug-likeness (QED) is 0.834. The van der Waals surface area contributed by atoms with Gasteiger partial charge in [0.25, 0.3) is 0 Å². The van der Waals surface area contributed by atoms with Crippen LogP contribution in [-0.2, 0) is 16.0 Å². The molecule has 0 radical (unpaired) electrons. The molecule has 21 heavy (non-hydrogen) atoms. The lowest BCUT2D eigenvalue weighted by Crippen LogP contribution is -2.44. The van der Waals surface area contributed by atoms with E-state index >= 15 is 0 Å². The van der Waals surface area contributed by atoms with Crippen LogP contribution in [0.4, 0.5) is 0 Å². The first-order chi connectivity index (χ1) is 10.1. The molecule has 1 aromatic rings. The molecule has 0 heterocycles. The third-order valence-corrected chi connectivity index (χ3v) is 3.91. The summed E-state index contributed by atoms with van der Waals surface area (Å²) in [5, 5.41) is 14.5. The van der Waals surface area contributed by atoms with Gasteiger partial charge in [-0.25, -0.2) is 0 Å². The van der Waals surface area contributed by atoms with Gasteiger partial charge in [0.2, 0.25) is 5.91 Å². The Morgan fingerprint density at radius 2 is 1.95 bits per heavy atom. The van der Waals surface area contributed by atoms with Gasteiger partial charge in [0.1, 0.15) is 0 Å². The van der Waals surface area contributed by atoms with Gasteiger partial charge in [0, 0.05) is 29.4 Å². The van der Waals surface area contributed by atoms with Gasteiger partial charge in [0.15, 0.2) is 0 Å². The van der Waals surface area contributed by atoms with Gasteiger partial charge < -0.3 is 15.2 Å². The van der Waals surface area contributed by atoms with Crippen molar-refractivity contribution < 1.29 is 14.7 Å². The largest absolute Gasteiger partial charge is 0.550 e. The van der Waals surface area contributed by atoms with Crippen LogP contribution in [-0.4, -0.2) is 18.4 Å². The summed E-state index contributed by atoms with van der Waals surface area (Å²) in [6.07, 6.45) is 5.10. The van der Waals surface area contributed by atoms with E-state index in [1.54, 1.807) is 12.1 Å². The van der Waals surface area contributed by atoms with E-state index < -0.39 is 17.8 Å². The van der Waals surface area contributed by atoms with Crippen molar-refractivity contribution >= 4 is 23.5 Å². The van der Waals surface area contributed by atoms with E-state index in [2.05, 4.69) is 5.32 Å². The number of nitrogens with one attached hydrogen (secondary N) is 1. The highest BCUT2D eigenvalue weighted by Gasteiger charge is 2.29. The molecule has 0 spiro atoms. The number of halogens is 1. The zero-order chi connectivity index (χ0) is 15.2. The van der Waals surface area contributed by atoms with E-state index in [-0.39, 0.29) is 5.91 Å². The van der Waals surface area contributed by atoms with E-state index in [1.165, 1.54) is 0 Å². The monoisotopic (exact) mass is 306 g/mol. The maximum atomic E-state index is 12.1. The Morgan fingerprint density at radius 1 is 1.24 bits per heavy atom. The second kappa shape index (κ2) is 7.27. The number of aliphatic carboxylic acids is 1. The van der Waals surface area contributed by atoms with Crippen LogP contribution in [0.25, 0.3) is 0 Å². The molecule has 0 saturated carbocycles. The zero-order valence-electron chi connectivity index (χ0n) is 11.5. The summed E-state index contributed by atoms with van der Waals surface area (Å²) in [5.74, 6) is -2.66. The Balaban J connectivity index is 1.86. The predicted octanol–water partition coefficient (Wildman–Crippen LogP) is 1.33. The first-order valence-electron chi connectivity index (χ1n) is 6.96. The summed E-state index contributed by atoms with van der Waals surface area (Å²) in [5.41, 5.74) is 1.03. The molecule has 0 aliphatic heterocycles. The van der Waals surface area contributed by atoms with Crippen molar-refractivity contribution in [3.05, 3.63) is 47.0 Å². The first kappa shape index (κ1) is 15.6. The van der Waals surface area contributed by atoms with Crippen molar-refractivity contribution in [2.24, 2.45) is 11.8 Å². The summed E-state index contributed by atoms with van der Waals surface area (Å²) in [4.78, 5) is 23.2. The number of carboxylic acid groups (broad SMARTS) is 1. The van der Waals surface area contributed by atoms with Crippen molar-refractivity contribution in [3.8, 4) is 0 Å². The molecular formula is C16H17ClNO3-. The van der Waals surface area contributed by atoms with Gasteiger partial charge in [-0.15, -0.1) is 0 Å². The smallest absolute Gasteiger partial charge is 0.224 e. The average molecular weight is 307 g/mol. The van der Waals surface area contributed by atoms with Gasteiger partial charge in [-0.1, -0.05) is 35.9 Å². The molecule has 0 saturated heterocycles. The van der Waals surface area contributed by atoms with Crippen LogP contribution in [0.5, 0.6) is 0 Å². The van der Waals surface area contributed by atoms with Gasteiger partial charge in [0.05, 0.1) is 0 Å². The number of rotatable bonds is 5. The number of allylic oxidation sites excluding steroid dienone is 2. The van der Waals surface area contributed by atoms with Crippen LogP contribution in [0.3, 0.4) is 0 Å². The Bertz CT molecular complexity index is 556. The van der Waals surface area contributed by atoms with E-state index in [1.807, 2.05) is 24.3 Å². The second-order valence-corrected chi connectivity index (χ2v) is 5.58. The Labute approximate surface area is 128 Å².